The van der Waals surface area contributed by atoms with E-state index in [0.29, 0.717) is 6.42 Å². The summed E-state index contributed by atoms with van der Waals surface area (Å²) in [5.41, 5.74) is 0. The van der Waals surface area contributed by atoms with Crippen LogP contribution in [-0.2, 0) is 9.53 Å². The number of esters is 1. The zero-order chi connectivity index (χ0) is 10.9. The molecule has 0 aromatic carbocycles. The van der Waals surface area contributed by atoms with E-state index in [1.165, 1.54) is 25.7 Å². The maximum Gasteiger partial charge on any atom is 0.307 e. The molecule has 1 saturated carbocycles. The van der Waals surface area contributed by atoms with E-state index in [0.717, 1.165) is 25.9 Å². The Kier molecular flexibility index (Phi) is 6.41. The van der Waals surface area contributed by atoms with Crippen LogP contribution in [0.15, 0.2) is 0 Å². The Hall–Kier alpha value is -0.570. The highest BCUT2D eigenvalue weighted by molar-refractivity contribution is 5.69. The third-order valence-corrected chi connectivity index (χ3v) is 2.86. The Balaban J connectivity index is 2.12. The molecule has 88 valence electrons. The fourth-order valence-corrected chi connectivity index (χ4v) is 1.97. The minimum atomic E-state index is -0.0390. The third kappa shape index (κ3) is 5.78. The molecule has 0 radical (unpaired) electrons. The van der Waals surface area contributed by atoms with Crippen molar-refractivity contribution in [1.29, 1.82) is 0 Å². The molecule has 0 aromatic heterocycles. The summed E-state index contributed by atoms with van der Waals surface area (Å²) < 4.78 is 5.44. The molecule has 0 unspecified atom stereocenters. The van der Waals surface area contributed by atoms with Gasteiger partial charge in [0.25, 0.3) is 0 Å². The normalized spacial score (nSPS) is 18.5. The van der Waals surface area contributed by atoms with E-state index in [9.17, 15) is 4.79 Å². The third-order valence-electron chi connectivity index (χ3n) is 2.86. The summed E-state index contributed by atoms with van der Waals surface area (Å²) >= 11 is 0. The van der Waals surface area contributed by atoms with E-state index in [-0.39, 0.29) is 12.1 Å². The highest BCUT2D eigenvalue weighted by Crippen LogP contribution is 2.19. The van der Waals surface area contributed by atoms with Crippen LogP contribution in [0, 0.1) is 0 Å². The largest absolute Gasteiger partial charge is 0.462 e. The van der Waals surface area contributed by atoms with Gasteiger partial charge in [0.15, 0.2) is 0 Å². The van der Waals surface area contributed by atoms with E-state index >= 15 is 0 Å². The number of carbonyl (C=O) groups excluding carboxylic acids is 1. The molecule has 0 spiro atoms. The van der Waals surface area contributed by atoms with Crippen LogP contribution in [0.2, 0.25) is 0 Å². The lowest BCUT2D eigenvalue weighted by Gasteiger charge is -2.15. The molecule has 0 bridgehead atoms. The van der Waals surface area contributed by atoms with Gasteiger partial charge in [-0.1, -0.05) is 19.8 Å². The summed E-state index contributed by atoms with van der Waals surface area (Å²) in [4.78, 5) is 11.4. The summed E-state index contributed by atoms with van der Waals surface area (Å²) in [6.45, 7) is 3.69. The average molecular weight is 213 g/mol. The van der Waals surface area contributed by atoms with Gasteiger partial charge in [0.2, 0.25) is 0 Å². The molecule has 0 aliphatic heterocycles. The number of carbonyl (C=O) groups is 1. The first-order valence-corrected chi connectivity index (χ1v) is 6.23. The van der Waals surface area contributed by atoms with Gasteiger partial charge < -0.3 is 10.1 Å². The molecule has 1 fully saturated rings. The second-order valence-corrected chi connectivity index (χ2v) is 4.21. The van der Waals surface area contributed by atoms with Gasteiger partial charge in [0, 0.05) is 6.54 Å². The van der Waals surface area contributed by atoms with Gasteiger partial charge in [-0.05, 0) is 32.2 Å². The van der Waals surface area contributed by atoms with Crippen molar-refractivity contribution >= 4 is 5.97 Å². The summed E-state index contributed by atoms with van der Waals surface area (Å²) in [5, 5.41) is 3.13. The molecule has 3 nitrogen and oxygen atoms in total. The van der Waals surface area contributed by atoms with Crippen molar-refractivity contribution in [3.05, 3.63) is 0 Å². The molecule has 1 N–H and O–H groups in total. The lowest BCUT2D eigenvalue weighted by Crippen LogP contribution is -2.22. The lowest BCUT2D eigenvalue weighted by atomic mass is 10.1. The van der Waals surface area contributed by atoms with Crippen LogP contribution in [0.3, 0.4) is 0 Å². The summed E-state index contributed by atoms with van der Waals surface area (Å²) in [7, 11) is 0. The molecule has 15 heavy (non-hydrogen) atoms. The predicted octanol–water partition coefficient (Wildman–Crippen LogP) is 2.25. The number of ether oxygens (including phenoxy) is 1. The topological polar surface area (TPSA) is 38.3 Å². The van der Waals surface area contributed by atoms with Crippen molar-refractivity contribution in [3.8, 4) is 0 Å². The smallest absolute Gasteiger partial charge is 0.307 e. The second-order valence-electron chi connectivity index (χ2n) is 4.21. The maximum absolute atomic E-state index is 11.4. The van der Waals surface area contributed by atoms with Crippen LogP contribution in [0.4, 0.5) is 0 Å². The average Bonchev–Trinajstić information content (AvgIpc) is 2.47. The molecule has 1 aliphatic carbocycles. The Morgan fingerprint density at radius 1 is 1.27 bits per heavy atom. The molecule has 3 heteroatoms. The number of hydrogen-bond donors (Lipinski definition) is 1. The maximum atomic E-state index is 11.4. The van der Waals surface area contributed by atoms with Crippen molar-refractivity contribution in [2.75, 3.05) is 13.1 Å². The summed E-state index contributed by atoms with van der Waals surface area (Å²) in [6.07, 6.45) is 7.85. The van der Waals surface area contributed by atoms with Gasteiger partial charge in [-0.2, -0.15) is 0 Å². The van der Waals surface area contributed by atoms with Crippen LogP contribution < -0.4 is 5.32 Å². The second kappa shape index (κ2) is 7.69. The summed E-state index contributed by atoms with van der Waals surface area (Å²) in [5.74, 6) is -0.0390. The Bertz CT molecular complexity index is 174. The molecule has 0 amide bonds. The number of rotatable bonds is 5. The van der Waals surface area contributed by atoms with Gasteiger partial charge in [-0.3, -0.25) is 4.79 Å². The lowest BCUT2D eigenvalue weighted by molar-refractivity contribution is -0.149. The molecular weight excluding hydrogens is 190 g/mol. The zero-order valence-corrected chi connectivity index (χ0v) is 9.76. The van der Waals surface area contributed by atoms with Crippen LogP contribution in [0.5, 0.6) is 0 Å². The van der Waals surface area contributed by atoms with E-state index < -0.39 is 0 Å². The molecule has 1 rings (SSSR count). The molecule has 1 aliphatic rings. The van der Waals surface area contributed by atoms with Crippen molar-refractivity contribution in [3.63, 3.8) is 0 Å². The zero-order valence-electron chi connectivity index (χ0n) is 9.76. The molecule has 0 atom stereocenters. The van der Waals surface area contributed by atoms with Crippen LogP contribution in [-0.4, -0.2) is 25.2 Å². The highest BCUT2D eigenvalue weighted by atomic mass is 16.5. The Morgan fingerprint density at radius 3 is 2.53 bits per heavy atom. The number of hydrogen-bond acceptors (Lipinski definition) is 3. The molecule has 0 aromatic rings. The van der Waals surface area contributed by atoms with E-state index in [4.69, 9.17) is 4.74 Å². The van der Waals surface area contributed by atoms with Crippen LogP contribution in [0.25, 0.3) is 0 Å². The van der Waals surface area contributed by atoms with E-state index in [1.54, 1.807) is 0 Å². The Labute approximate surface area is 92.6 Å². The minimum absolute atomic E-state index is 0.0390. The molecule has 0 saturated heterocycles. The fraction of sp³-hybridized carbons (Fsp3) is 0.917. The minimum Gasteiger partial charge on any atom is -0.462 e. The van der Waals surface area contributed by atoms with Gasteiger partial charge in [-0.15, -0.1) is 0 Å². The SMILES string of the molecule is CCNCCC(=O)OC1CCCCCC1. The Morgan fingerprint density at radius 2 is 1.93 bits per heavy atom. The van der Waals surface area contributed by atoms with Crippen LogP contribution >= 0.6 is 0 Å². The van der Waals surface area contributed by atoms with E-state index in [1.807, 2.05) is 6.92 Å². The van der Waals surface area contributed by atoms with Gasteiger partial charge in [0.1, 0.15) is 6.10 Å². The van der Waals surface area contributed by atoms with Crippen molar-refractivity contribution in [2.24, 2.45) is 0 Å². The fourth-order valence-electron chi connectivity index (χ4n) is 1.97. The quantitative estimate of drug-likeness (QED) is 0.432. The molecule has 0 heterocycles. The molecular formula is C12H23NO2. The van der Waals surface area contributed by atoms with Gasteiger partial charge >= 0.3 is 5.97 Å². The standard InChI is InChI=1S/C12H23NO2/c1-2-13-10-9-12(14)15-11-7-5-3-4-6-8-11/h11,13H,2-10H2,1H3. The predicted molar refractivity (Wildman–Crippen MR) is 60.7 cm³/mol. The monoisotopic (exact) mass is 213 g/mol. The van der Waals surface area contributed by atoms with Gasteiger partial charge in [-0.25, -0.2) is 0 Å². The van der Waals surface area contributed by atoms with Gasteiger partial charge in [0.05, 0.1) is 6.42 Å². The van der Waals surface area contributed by atoms with E-state index in [2.05, 4.69) is 5.32 Å². The highest BCUT2D eigenvalue weighted by Gasteiger charge is 2.15. The first kappa shape index (κ1) is 12.5. The first-order chi connectivity index (χ1) is 7.33. The van der Waals surface area contributed by atoms with Crippen molar-refractivity contribution in [1.82, 2.24) is 5.32 Å². The van der Waals surface area contributed by atoms with Crippen LogP contribution in [0.1, 0.15) is 51.9 Å². The summed E-state index contributed by atoms with van der Waals surface area (Å²) in [6, 6.07) is 0. The van der Waals surface area contributed by atoms with Crippen molar-refractivity contribution in [2.45, 2.75) is 58.0 Å². The number of nitrogens with one attached hydrogen (secondary N) is 1. The first-order valence-electron chi connectivity index (χ1n) is 6.23. The van der Waals surface area contributed by atoms with Crippen molar-refractivity contribution < 1.29 is 9.53 Å².